The van der Waals surface area contributed by atoms with Crippen molar-refractivity contribution in [2.45, 2.75) is 67.0 Å². The fourth-order valence-electron chi connectivity index (χ4n) is 2.19. The summed E-state index contributed by atoms with van der Waals surface area (Å²) in [6.07, 6.45) is 1.88. The van der Waals surface area contributed by atoms with Crippen LogP contribution in [0.2, 0.25) is 0 Å². The molecule has 2 atom stereocenters. The van der Waals surface area contributed by atoms with Gasteiger partial charge in [0.05, 0.1) is 5.41 Å². The van der Waals surface area contributed by atoms with Crippen LogP contribution in [0.5, 0.6) is 0 Å². The van der Waals surface area contributed by atoms with Crippen LogP contribution in [0.3, 0.4) is 0 Å². The molecule has 1 rings (SSSR count). The summed E-state index contributed by atoms with van der Waals surface area (Å²) in [5.41, 5.74) is 1.72. The summed E-state index contributed by atoms with van der Waals surface area (Å²) in [7, 11) is 0. The number of carbonyl (C=O) groups is 1. The van der Waals surface area contributed by atoms with E-state index in [1.807, 2.05) is 38.1 Å². The van der Waals surface area contributed by atoms with Crippen molar-refractivity contribution in [3.63, 3.8) is 0 Å². The van der Waals surface area contributed by atoms with Crippen molar-refractivity contribution < 1.29 is 9.53 Å². The number of hydrogen-bond donors (Lipinski definition) is 1. The second-order valence-corrected chi connectivity index (χ2v) is 6.65. The minimum absolute atomic E-state index is 0.105. The summed E-state index contributed by atoms with van der Waals surface area (Å²) >= 11 is 0. The highest BCUT2D eigenvalue weighted by atomic mass is 16.5. The molecule has 0 saturated heterocycles. The molecule has 0 saturated carbocycles. The quantitative estimate of drug-likeness (QED) is 0.686. The van der Waals surface area contributed by atoms with Crippen molar-refractivity contribution in [3.05, 3.63) is 29.8 Å². The van der Waals surface area contributed by atoms with E-state index in [2.05, 4.69) is 33.0 Å². The number of carbonyl (C=O) groups excluding carboxylic acids is 1. The Morgan fingerprint density at radius 2 is 1.77 bits per heavy atom. The van der Waals surface area contributed by atoms with E-state index >= 15 is 0 Å². The number of anilines is 1. The molecule has 0 fully saturated rings. The van der Waals surface area contributed by atoms with Crippen LogP contribution in [0.15, 0.2) is 24.3 Å². The third-order valence-electron chi connectivity index (χ3n) is 4.82. The van der Waals surface area contributed by atoms with Gasteiger partial charge in [0.15, 0.2) is 0 Å². The lowest BCUT2D eigenvalue weighted by Crippen LogP contribution is -2.34. The van der Waals surface area contributed by atoms with E-state index in [0.717, 1.165) is 24.1 Å². The van der Waals surface area contributed by atoms with Crippen LogP contribution < -0.4 is 5.32 Å². The largest absolute Gasteiger partial charge is 0.460 e. The first-order chi connectivity index (χ1) is 10.3. The number of nitrogens with one attached hydrogen (secondary N) is 1. The fraction of sp³-hybridized carbons (Fsp3) is 0.632. The lowest BCUT2D eigenvalue weighted by atomic mass is 9.77. The summed E-state index contributed by atoms with van der Waals surface area (Å²) in [6, 6.07) is 8.56. The standard InChI is InChI=1S/C19H31NO2/c1-7-15(5)20-17-11-9-16(10-12-17)13-22-18(21)19(6,8-2)14(3)4/h9-12,14-15,20H,7-8,13H2,1-6H3. The van der Waals surface area contributed by atoms with Crippen molar-refractivity contribution in [2.24, 2.45) is 11.3 Å². The molecule has 0 aliphatic rings. The topological polar surface area (TPSA) is 38.3 Å². The molecular formula is C19H31NO2. The Bertz CT molecular complexity index is 467. The van der Waals surface area contributed by atoms with Gasteiger partial charge in [0.25, 0.3) is 0 Å². The van der Waals surface area contributed by atoms with E-state index in [-0.39, 0.29) is 11.9 Å². The third-order valence-corrected chi connectivity index (χ3v) is 4.82. The molecule has 22 heavy (non-hydrogen) atoms. The van der Waals surface area contributed by atoms with Gasteiger partial charge in [-0.1, -0.05) is 39.8 Å². The predicted octanol–water partition coefficient (Wildman–Crippen LogP) is 5.01. The average molecular weight is 305 g/mol. The summed E-state index contributed by atoms with van der Waals surface area (Å²) < 4.78 is 5.53. The van der Waals surface area contributed by atoms with E-state index in [1.165, 1.54) is 0 Å². The SMILES string of the molecule is CCC(C)Nc1ccc(COC(=O)C(C)(CC)C(C)C)cc1. The zero-order chi connectivity index (χ0) is 16.8. The Labute approximate surface area is 135 Å². The first-order valence-corrected chi connectivity index (χ1v) is 8.36. The number of esters is 1. The maximum atomic E-state index is 12.3. The molecule has 0 bridgehead atoms. The highest BCUT2D eigenvalue weighted by Crippen LogP contribution is 2.32. The van der Waals surface area contributed by atoms with Crippen LogP contribution in [-0.2, 0) is 16.1 Å². The molecule has 1 aromatic carbocycles. The van der Waals surface area contributed by atoms with Gasteiger partial charge < -0.3 is 10.1 Å². The fourth-order valence-corrected chi connectivity index (χ4v) is 2.19. The molecule has 0 aliphatic heterocycles. The second kappa shape index (κ2) is 8.21. The van der Waals surface area contributed by atoms with Crippen molar-refractivity contribution in [2.75, 3.05) is 5.32 Å². The number of hydrogen-bond acceptors (Lipinski definition) is 3. The molecule has 3 heteroatoms. The Hall–Kier alpha value is -1.51. The molecule has 0 amide bonds. The Kier molecular flexibility index (Phi) is 6.92. The molecule has 1 N–H and O–H groups in total. The van der Waals surface area contributed by atoms with Gasteiger partial charge in [-0.05, 0) is 50.3 Å². The number of ether oxygens (including phenoxy) is 1. The minimum Gasteiger partial charge on any atom is -0.460 e. The van der Waals surface area contributed by atoms with Crippen LogP contribution >= 0.6 is 0 Å². The van der Waals surface area contributed by atoms with Crippen LogP contribution in [0.4, 0.5) is 5.69 Å². The molecule has 0 aromatic heterocycles. The molecule has 2 unspecified atom stereocenters. The molecule has 0 aliphatic carbocycles. The molecule has 1 aromatic rings. The molecule has 124 valence electrons. The smallest absolute Gasteiger partial charge is 0.312 e. The summed E-state index contributed by atoms with van der Waals surface area (Å²) in [5, 5.41) is 3.42. The first kappa shape index (κ1) is 18.5. The Morgan fingerprint density at radius 1 is 1.18 bits per heavy atom. The predicted molar refractivity (Wildman–Crippen MR) is 92.8 cm³/mol. The summed E-state index contributed by atoms with van der Waals surface area (Å²) in [4.78, 5) is 12.3. The highest BCUT2D eigenvalue weighted by molar-refractivity contribution is 5.76. The van der Waals surface area contributed by atoms with E-state index in [4.69, 9.17) is 4.74 Å². The van der Waals surface area contributed by atoms with Gasteiger partial charge in [-0.3, -0.25) is 4.79 Å². The van der Waals surface area contributed by atoms with Crippen molar-refractivity contribution in [1.29, 1.82) is 0 Å². The first-order valence-electron chi connectivity index (χ1n) is 8.36. The van der Waals surface area contributed by atoms with Gasteiger partial charge in [0.2, 0.25) is 0 Å². The summed E-state index contributed by atoms with van der Waals surface area (Å²) in [6.45, 7) is 12.8. The van der Waals surface area contributed by atoms with Gasteiger partial charge in [-0.25, -0.2) is 0 Å². The van der Waals surface area contributed by atoms with Gasteiger partial charge in [-0.2, -0.15) is 0 Å². The Morgan fingerprint density at radius 3 is 2.23 bits per heavy atom. The third kappa shape index (κ3) is 4.75. The van der Waals surface area contributed by atoms with Gasteiger partial charge in [0.1, 0.15) is 6.61 Å². The van der Waals surface area contributed by atoms with Gasteiger partial charge in [-0.15, -0.1) is 0 Å². The zero-order valence-corrected chi connectivity index (χ0v) is 14.9. The van der Waals surface area contributed by atoms with Crippen LogP contribution in [0.1, 0.15) is 59.9 Å². The zero-order valence-electron chi connectivity index (χ0n) is 14.9. The minimum atomic E-state index is -0.405. The van der Waals surface area contributed by atoms with Crippen LogP contribution in [0, 0.1) is 11.3 Å². The molecular weight excluding hydrogens is 274 g/mol. The van der Waals surface area contributed by atoms with E-state index in [9.17, 15) is 4.79 Å². The Balaban J connectivity index is 2.60. The van der Waals surface area contributed by atoms with Crippen LogP contribution in [-0.4, -0.2) is 12.0 Å². The van der Waals surface area contributed by atoms with E-state index in [0.29, 0.717) is 12.6 Å². The monoisotopic (exact) mass is 305 g/mol. The highest BCUT2D eigenvalue weighted by Gasteiger charge is 2.36. The van der Waals surface area contributed by atoms with Gasteiger partial charge in [0, 0.05) is 11.7 Å². The molecule has 3 nitrogen and oxygen atoms in total. The lowest BCUT2D eigenvalue weighted by Gasteiger charge is -2.29. The molecule has 0 radical (unpaired) electrons. The van der Waals surface area contributed by atoms with Crippen LogP contribution in [0.25, 0.3) is 0 Å². The molecule has 0 heterocycles. The number of benzene rings is 1. The van der Waals surface area contributed by atoms with E-state index in [1.54, 1.807) is 0 Å². The maximum absolute atomic E-state index is 12.3. The molecule has 0 spiro atoms. The lowest BCUT2D eigenvalue weighted by molar-refractivity contribution is -0.159. The normalized spacial score (nSPS) is 15.2. The number of rotatable bonds is 8. The maximum Gasteiger partial charge on any atom is 0.312 e. The van der Waals surface area contributed by atoms with Gasteiger partial charge >= 0.3 is 5.97 Å². The van der Waals surface area contributed by atoms with Crippen molar-refractivity contribution in [1.82, 2.24) is 0 Å². The van der Waals surface area contributed by atoms with Crippen molar-refractivity contribution >= 4 is 11.7 Å². The van der Waals surface area contributed by atoms with Crippen molar-refractivity contribution in [3.8, 4) is 0 Å². The van der Waals surface area contributed by atoms with E-state index < -0.39 is 5.41 Å². The summed E-state index contributed by atoms with van der Waals surface area (Å²) in [5.74, 6) is 0.166. The average Bonchev–Trinajstić information content (AvgIpc) is 2.52. The second-order valence-electron chi connectivity index (χ2n) is 6.65.